The van der Waals surface area contributed by atoms with E-state index in [1.807, 2.05) is 7.05 Å². The van der Waals surface area contributed by atoms with Gasteiger partial charge in [0, 0.05) is 11.8 Å². The van der Waals surface area contributed by atoms with Crippen LogP contribution in [0.1, 0.15) is 26.2 Å². The van der Waals surface area contributed by atoms with E-state index < -0.39 is 0 Å². The molecule has 0 bridgehead atoms. The number of oxazole rings is 1. The minimum absolute atomic E-state index is 0.627. The molecule has 0 aromatic carbocycles. The van der Waals surface area contributed by atoms with E-state index >= 15 is 0 Å². The van der Waals surface area contributed by atoms with Crippen molar-refractivity contribution in [3.63, 3.8) is 0 Å². The zero-order chi connectivity index (χ0) is 10.2. The van der Waals surface area contributed by atoms with E-state index in [0.717, 1.165) is 11.0 Å². The van der Waals surface area contributed by atoms with Crippen LogP contribution >= 0.6 is 11.8 Å². The minimum Gasteiger partial charge on any atom is -0.440 e. The van der Waals surface area contributed by atoms with Gasteiger partial charge in [0.15, 0.2) is 0 Å². The van der Waals surface area contributed by atoms with Gasteiger partial charge in [0.25, 0.3) is 5.22 Å². The van der Waals surface area contributed by atoms with Crippen LogP contribution in [0.4, 0.5) is 0 Å². The summed E-state index contributed by atoms with van der Waals surface area (Å²) in [6, 6.07) is 0.627. The van der Waals surface area contributed by atoms with Gasteiger partial charge in [-0.1, -0.05) is 18.2 Å². The SMILES string of the molecule is CNC(C)CCCCSc1ncco1. The number of unbranched alkanes of at least 4 members (excludes halogenated alkanes) is 1. The lowest BCUT2D eigenvalue weighted by atomic mass is 10.1. The fourth-order valence-corrected chi connectivity index (χ4v) is 1.92. The molecule has 1 aromatic heterocycles. The van der Waals surface area contributed by atoms with Crippen LogP contribution in [0.25, 0.3) is 0 Å². The van der Waals surface area contributed by atoms with Crippen LogP contribution in [0.2, 0.25) is 0 Å². The molecular weight excluding hydrogens is 196 g/mol. The smallest absolute Gasteiger partial charge is 0.255 e. The highest BCUT2D eigenvalue weighted by molar-refractivity contribution is 7.99. The van der Waals surface area contributed by atoms with Gasteiger partial charge in [-0.25, -0.2) is 4.98 Å². The van der Waals surface area contributed by atoms with Crippen LogP contribution in [0.15, 0.2) is 22.1 Å². The van der Waals surface area contributed by atoms with Crippen LogP contribution in [0, 0.1) is 0 Å². The molecule has 4 heteroatoms. The Labute approximate surface area is 89.7 Å². The van der Waals surface area contributed by atoms with E-state index in [1.54, 1.807) is 24.2 Å². The Morgan fingerprint density at radius 1 is 1.57 bits per heavy atom. The van der Waals surface area contributed by atoms with Gasteiger partial charge < -0.3 is 9.73 Å². The Bertz CT molecular complexity index is 226. The standard InChI is InChI=1S/C10H18N2OS/c1-9(11-2)5-3-4-8-14-10-12-6-7-13-10/h6-7,9,11H,3-5,8H2,1-2H3. The fourth-order valence-electron chi connectivity index (χ4n) is 1.14. The zero-order valence-corrected chi connectivity index (χ0v) is 9.64. The summed E-state index contributed by atoms with van der Waals surface area (Å²) in [4.78, 5) is 4.05. The van der Waals surface area contributed by atoms with Gasteiger partial charge in [0.2, 0.25) is 0 Å². The van der Waals surface area contributed by atoms with Crippen molar-refractivity contribution in [2.24, 2.45) is 0 Å². The second kappa shape index (κ2) is 6.90. The van der Waals surface area contributed by atoms with Crippen molar-refractivity contribution in [3.05, 3.63) is 12.5 Å². The number of nitrogens with zero attached hydrogens (tertiary/aromatic N) is 1. The van der Waals surface area contributed by atoms with E-state index in [1.165, 1.54) is 19.3 Å². The van der Waals surface area contributed by atoms with E-state index in [9.17, 15) is 0 Å². The maximum absolute atomic E-state index is 5.12. The van der Waals surface area contributed by atoms with Crippen LogP contribution in [0.5, 0.6) is 0 Å². The van der Waals surface area contributed by atoms with Crippen molar-refractivity contribution in [3.8, 4) is 0 Å². The summed E-state index contributed by atoms with van der Waals surface area (Å²) in [6.07, 6.45) is 7.02. The molecule has 0 aliphatic carbocycles. The molecule has 3 nitrogen and oxygen atoms in total. The molecule has 1 atom stereocenters. The molecule has 0 aliphatic rings. The molecule has 1 heterocycles. The number of hydrogen-bond donors (Lipinski definition) is 1. The quantitative estimate of drug-likeness (QED) is 0.559. The number of thioether (sulfide) groups is 1. The molecule has 1 rings (SSSR count). The first kappa shape index (κ1) is 11.6. The molecule has 0 fully saturated rings. The fraction of sp³-hybridized carbons (Fsp3) is 0.700. The van der Waals surface area contributed by atoms with Crippen molar-refractivity contribution in [2.45, 2.75) is 37.5 Å². The van der Waals surface area contributed by atoms with Gasteiger partial charge in [-0.3, -0.25) is 0 Å². The maximum atomic E-state index is 5.12. The van der Waals surface area contributed by atoms with Crippen molar-refractivity contribution < 1.29 is 4.42 Å². The Hall–Kier alpha value is -0.480. The number of aromatic nitrogens is 1. The lowest BCUT2D eigenvalue weighted by Gasteiger charge is -2.08. The number of hydrogen-bond acceptors (Lipinski definition) is 4. The number of nitrogens with one attached hydrogen (secondary N) is 1. The summed E-state index contributed by atoms with van der Waals surface area (Å²) in [6.45, 7) is 2.21. The normalized spacial score (nSPS) is 13.0. The lowest BCUT2D eigenvalue weighted by Crippen LogP contribution is -2.20. The second-order valence-corrected chi connectivity index (χ2v) is 4.38. The van der Waals surface area contributed by atoms with Crippen LogP contribution < -0.4 is 5.32 Å². The predicted octanol–water partition coefficient (Wildman–Crippen LogP) is 2.54. The van der Waals surface area contributed by atoms with Crippen molar-refractivity contribution in [1.82, 2.24) is 10.3 Å². The van der Waals surface area contributed by atoms with Crippen LogP contribution in [0.3, 0.4) is 0 Å². The van der Waals surface area contributed by atoms with Crippen molar-refractivity contribution in [1.29, 1.82) is 0 Å². The topological polar surface area (TPSA) is 38.1 Å². The van der Waals surface area contributed by atoms with Gasteiger partial charge in [-0.2, -0.15) is 0 Å². The van der Waals surface area contributed by atoms with Crippen LogP contribution in [-0.2, 0) is 0 Å². The van der Waals surface area contributed by atoms with Gasteiger partial charge in [0.1, 0.15) is 6.26 Å². The number of rotatable bonds is 7. The monoisotopic (exact) mass is 214 g/mol. The predicted molar refractivity (Wildman–Crippen MR) is 59.6 cm³/mol. The molecule has 0 aliphatic heterocycles. The third-order valence-corrected chi connectivity index (χ3v) is 3.10. The molecule has 1 N–H and O–H groups in total. The van der Waals surface area contributed by atoms with Crippen LogP contribution in [-0.4, -0.2) is 23.8 Å². The lowest BCUT2D eigenvalue weighted by molar-refractivity contribution is 0.454. The summed E-state index contributed by atoms with van der Waals surface area (Å²) >= 11 is 1.69. The highest BCUT2D eigenvalue weighted by Crippen LogP contribution is 2.16. The highest BCUT2D eigenvalue weighted by Gasteiger charge is 2.00. The molecule has 0 saturated carbocycles. The van der Waals surface area contributed by atoms with Crippen molar-refractivity contribution in [2.75, 3.05) is 12.8 Å². The van der Waals surface area contributed by atoms with E-state index in [2.05, 4.69) is 17.2 Å². The summed E-state index contributed by atoms with van der Waals surface area (Å²) in [7, 11) is 2.01. The first-order valence-corrected chi connectivity index (χ1v) is 6.01. The van der Waals surface area contributed by atoms with Gasteiger partial charge in [-0.05, 0) is 26.8 Å². The average Bonchev–Trinajstić information content (AvgIpc) is 2.69. The molecule has 14 heavy (non-hydrogen) atoms. The molecular formula is C10H18N2OS. The zero-order valence-electron chi connectivity index (χ0n) is 8.82. The Morgan fingerprint density at radius 2 is 2.43 bits per heavy atom. The molecule has 0 saturated heterocycles. The third-order valence-electron chi connectivity index (χ3n) is 2.16. The minimum atomic E-state index is 0.627. The van der Waals surface area contributed by atoms with Crippen molar-refractivity contribution >= 4 is 11.8 Å². The third kappa shape index (κ3) is 4.67. The van der Waals surface area contributed by atoms with E-state index in [-0.39, 0.29) is 0 Å². The largest absolute Gasteiger partial charge is 0.440 e. The first-order valence-electron chi connectivity index (χ1n) is 5.02. The second-order valence-electron chi connectivity index (χ2n) is 3.33. The molecule has 0 spiro atoms. The van der Waals surface area contributed by atoms with E-state index in [0.29, 0.717) is 6.04 Å². The van der Waals surface area contributed by atoms with E-state index in [4.69, 9.17) is 4.42 Å². The summed E-state index contributed by atoms with van der Waals surface area (Å²) < 4.78 is 5.12. The molecule has 0 amide bonds. The molecule has 0 radical (unpaired) electrons. The first-order chi connectivity index (χ1) is 6.83. The molecule has 1 aromatic rings. The summed E-state index contributed by atoms with van der Waals surface area (Å²) in [5.74, 6) is 1.09. The van der Waals surface area contributed by atoms with Gasteiger partial charge >= 0.3 is 0 Å². The van der Waals surface area contributed by atoms with Gasteiger partial charge in [0.05, 0.1) is 6.20 Å². The maximum Gasteiger partial charge on any atom is 0.255 e. The molecule has 80 valence electrons. The highest BCUT2D eigenvalue weighted by atomic mass is 32.2. The Balaban J connectivity index is 1.95. The van der Waals surface area contributed by atoms with Gasteiger partial charge in [-0.15, -0.1) is 0 Å². The summed E-state index contributed by atoms with van der Waals surface area (Å²) in [5.41, 5.74) is 0. The Kier molecular flexibility index (Phi) is 5.71. The summed E-state index contributed by atoms with van der Waals surface area (Å²) in [5, 5.41) is 4.02. The average molecular weight is 214 g/mol. The Morgan fingerprint density at radius 3 is 3.07 bits per heavy atom. The molecule has 1 unspecified atom stereocenters.